The van der Waals surface area contributed by atoms with Crippen LogP contribution in [0.4, 0.5) is 0 Å². The fourth-order valence-corrected chi connectivity index (χ4v) is 7.14. The highest BCUT2D eigenvalue weighted by molar-refractivity contribution is 5.71. The Kier molecular flexibility index (Phi) is 40.5. The lowest BCUT2D eigenvalue weighted by Gasteiger charge is -2.23. The number of nitrogens with zero attached hydrogens (tertiary/aromatic N) is 2. The summed E-state index contributed by atoms with van der Waals surface area (Å²) in [7, 11) is 0. The Morgan fingerprint density at radius 2 is 0.746 bits per heavy atom. The average molecular weight is 901 g/mol. The van der Waals surface area contributed by atoms with Gasteiger partial charge in [0.25, 0.3) is 0 Å². The lowest BCUT2D eigenvalue weighted by molar-refractivity contribution is -0.161. The summed E-state index contributed by atoms with van der Waals surface area (Å²) in [6, 6.07) is 0. The number of esters is 4. The third-order valence-electron chi connectivity index (χ3n) is 11.0. The van der Waals surface area contributed by atoms with Gasteiger partial charge in [0.05, 0.1) is 25.7 Å². The van der Waals surface area contributed by atoms with E-state index in [1.54, 1.807) is 0 Å². The van der Waals surface area contributed by atoms with Gasteiger partial charge in [0.2, 0.25) is 0 Å². The van der Waals surface area contributed by atoms with E-state index in [9.17, 15) is 19.2 Å². The first-order chi connectivity index (χ1) is 30.8. The third kappa shape index (κ3) is 37.6. The molecule has 1 heterocycles. The van der Waals surface area contributed by atoms with Crippen molar-refractivity contribution in [3.8, 4) is 0 Å². The maximum atomic E-state index is 12.7. The summed E-state index contributed by atoms with van der Waals surface area (Å²) >= 11 is 0. The molecule has 0 atom stereocenters. The van der Waals surface area contributed by atoms with Gasteiger partial charge in [0, 0.05) is 52.4 Å². The van der Waals surface area contributed by atoms with Crippen LogP contribution in [0.25, 0.3) is 0 Å². The fourth-order valence-electron chi connectivity index (χ4n) is 7.14. The minimum Gasteiger partial charge on any atom is -0.462 e. The normalized spacial score (nSPS) is 13.1. The number of likely N-dealkylation sites (tertiary alicyclic amines) is 1. The minimum atomic E-state index is -0.437. The van der Waals surface area contributed by atoms with Gasteiger partial charge in [-0.05, 0) is 71.1 Å². The SMILES string of the molecule is CCCCCCOC(CCC(=O)OCCOC(=O)CCN(CCCN1CCCC1)CCC(=O)OCCOC(=O)CCC(OCCCCCC)OCCCCCC)OCCCCCC. The van der Waals surface area contributed by atoms with Crippen molar-refractivity contribution in [2.24, 2.45) is 0 Å². The third-order valence-corrected chi connectivity index (χ3v) is 11.0. The lowest BCUT2D eigenvalue weighted by Crippen LogP contribution is -2.33. The molecular weight excluding hydrogens is 809 g/mol. The van der Waals surface area contributed by atoms with Crippen LogP contribution in [-0.4, -0.2) is 138 Å². The van der Waals surface area contributed by atoms with Crippen LogP contribution in [0, 0.1) is 0 Å². The van der Waals surface area contributed by atoms with E-state index in [4.69, 9.17) is 37.9 Å². The van der Waals surface area contributed by atoms with Crippen LogP contribution in [0.1, 0.15) is 188 Å². The molecule has 0 aromatic heterocycles. The maximum Gasteiger partial charge on any atom is 0.307 e. The molecule has 14 nitrogen and oxygen atoms in total. The molecule has 1 aliphatic heterocycles. The predicted molar refractivity (Wildman–Crippen MR) is 246 cm³/mol. The van der Waals surface area contributed by atoms with Gasteiger partial charge < -0.3 is 47.7 Å². The molecule has 0 radical (unpaired) electrons. The van der Waals surface area contributed by atoms with Gasteiger partial charge in [-0.25, -0.2) is 0 Å². The van der Waals surface area contributed by atoms with E-state index in [1.165, 1.54) is 38.5 Å². The van der Waals surface area contributed by atoms with Crippen molar-refractivity contribution in [2.45, 2.75) is 201 Å². The highest BCUT2D eigenvalue weighted by Gasteiger charge is 2.18. The van der Waals surface area contributed by atoms with Gasteiger partial charge in [0.15, 0.2) is 12.6 Å². The van der Waals surface area contributed by atoms with Crippen molar-refractivity contribution < 1.29 is 57.1 Å². The van der Waals surface area contributed by atoms with Crippen molar-refractivity contribution in [2.75, 3.05) is 92.1 Å². The Balaban J connectivity index is 2.41. The first-order valence-corrected chi connectivity index (χ1v) is 25.3. The van der Waals surface area contributed by atoms with Crippen molar-refractivity contribution in [3.63, 3.8) is 0 Å². The first-order valence-electron chi connectivity index (χ1n) is 25.3. The van der Waals surface area contributed by atoms with Crippen LogP contribution in [0.15, 0.2) is 0 Å². The topological polar surface area (TPSA) is 149 Å². The summed E-state index contributed by atoms with van der Waals surface area (Å²) < 4.78 is 45.2. The Morgan fingerprint density at radius 3 is 1.08 bits per heavy atom. The summed E-state index contributed by atoms with van der Waals surface area (Å²) in [5.74, 6) is -1.54. The van der Waals surface area contributed by atoms with Gasteiger partial charge >= 0.3 is 23.9 Å². The highest BCUT2D eigenvalue weighted by atomic mass is 16.7. The van der Waals surface area contributed by atoms with E-state index in [1.807, 2.05) is 0 Å². The molecular formula is C49H92N2O12. The van der Waals surface area contributed by atoms with Gasteiger partial charge in [-0.1, -0.05) is 105 Å². The minimum absolute atomic E-state index is 0.0204. The molecule has 1 fully saturated rings. The predicted octanol–water partition coefficient (Wildman–Crippen LogP) is 9.33. The molecule has 1 rings (SSSR count). The van der Waals surface area contributed by atoms with Gasteiger partial charge in [0.1, 0.15) is 26.4 Å². The second-order valence-corrected chi connectivity index (χ2v) is 16.8. The van der Waals surface area contributed by atoms with E-state index >= 15 is 0 Å². The Morgan fingerprint density at radius 1 is 0.413 bits per heavy atom. The molecule has 0 spiro atoms. The molecule has 63 heavy (non-hydrogen) atoms. The summed E-state index contributed by atoms with van der Waals surface area (Å²) in [6.07, 6.45) is 21.6. The van der Waals surface area contributed by atoms with Crippen LogP contribution >= 0.6 is 0 Å². The van der Waals surface area contributed by atoms with Crippen molar-refractivity contribution in [1.29, 1.82) is 0 Å². The zero-order chi connectivity index (χ0) is 45.9. The molecule has 0 aromatic carbocycles. The van der Waals surface area contributed by atoms with Crippen LogP contribution < -0.4 is 0 Å². The van der Waals surface area contributed by atoms with Gasteiger partial charge in [-0.3, -0.25) is 19.2 Å². The molecule has 0 aromatic rings. The van der Waals surface area contributed by atoms with Crippen molar-refractivity contribution >= 4 is 23.9 Å². The largest absolute Gasteiger partial charge is 0.462 e. The van der Waals surface area contributed by atoms with Crippen LogP contribution in [-0.2, 0) is 57.1 Å². The zero-order valence-electron chi connectivity index (χ0n) is 40.5. The summed E-state index contributed by atoms with van der Waals surface area (Å²) in [5, 5.41) is 0. The average Bonchev–Trinajstić information content (AvgIpc) is 3.81. The molecule has 370 valence electrons. The van der Waals surface area contributed by atoms with Gasteiger partial charge in [-0.15, -0.1) is 0 Å². The van der Waals surface area contributed by atoms with E-state index in [-0.39, 0.29) is 64.0 Å². The Hall–Kier alpha value is -2.36. The number of unbranched alkanes of at least 4 members (excludes halogenated alkanes) is 12. The monoisotopic (exact) mass is 901 g/mol. The molecule has 1 saturated heterocycles. The molecule has 0 bridgehead atoms. The number of hydrogen-bond acceptors (Lipinski definition) is 14. The Bertz CT molecular complexity index is 993. The fraction of sp³-hybridized carbons (Fsp3) is 0.918. The zero-order valence-corrected chi connectivity index (χ0v) is 40.5. The molecule has 0 N–H and O–H groups in total. The van der Waals surface area contributed by atoms with Crippen LogP contribution in [0.2, 0.25) is 0 Å². The van der Waals surface area contributed by atoms with E-state index in [2.05, 4.69) is 37.5 Å². The molecule has 1 aliphatic rings. The molecule has 0 saturated carbocycles. The highest BCUT2D eigenvalue weighted by Crippen LogP contribution is 2.13. The van der Waals surface area contributed by atoms with Crippen LogP contribution in [0.5, 0.6) is 0 Å². The number of hydrogen-bond donors (Lipinski definition) is 0. The van der Waals surface area contributed by atoms with E-state index < -0.39 is 24.5 Å². The lowest BCUT2D eigenvalue weighted by atomic mass is 10.2. The molecule has 0 unspecified atom stereocenters. The van der Waals surface area contributed by atoms with E-state index in [0.717, 1.165) is 110 Å². The summed E-state index contributed by atoms with van der Waals surface area (Å²) in [5.41, 5.74) is 0. The standard InChI is InChI=1S/C49H92N2O12/c1-5-9-13-19-36-60-48(61-37-20-14-10-6-2)26-24-44(52)56-40-42-58-46(54)28-34-51(33-23-32-50-30-17-18-31-50)35-29-47(55)59-43-41-57-45(53)25-27-49(62-38-21-15-11-7-3)63-39-22-16-12-8-4/h48-49H,5-43H2,1-4H3. The second kappa shape index (κ2) is 43.5. The van der Waals surface area contributed by atoms with Crippen molar-refractivity contribution in [1.82, 2.24) is 9.80 Å². The summed E-state index contributed by atoms with van der Waals surface area (Å²) in [6.45, 7) is 15.8. The van der Waals surface area contributed by atoms with Crippen molar-refractivity contribution in [3.05, 3.63) is 0 Å². The molecule has 0 amide bonds. The molecule has 14 heteroatoms. The Labute approximate surface area is 382 Å². The first kappa shape index (κ1) is 58.7. The van der Waals surface area contributed by atoms with Gasteiger partial charge in [-0.2, -0.15) is 0 Å². The number of carbonyl (C=O) groups is 4. The summed E-state index contributed by atoms with van der Waals surface area (Å²) in [4.78, 5) is 54.8. The number of carbonyl (C=O) groups excluding carboxylic acids is 4. The number of rotatable bonds is 46. The van der Waals surface area contributed by atoms with E-state index in [0.29, 0.717) is 52.4 Å². The second-order valence-electron chi connectivity index (χ2n) is 16.8. The number of ether oxygens (including phenoxy) is 8. The molecule has 0 aliphatic carbocycles. The van der Waals surface area contributed by atoms with Crippen LogP contribution in [0.3, 0.4) is 0 Å². The quantitative estimate of drug-likeness (QED) is 0.0247. The maximum absolute atomic E-state index is 12.7. The smallest absolute Gasteiger partial charge is 0.307 e.